The Kier molecular flexibility index (Phi) is 9.01. The molecule has 0 atom stereocenters. The summed E-state index contributed by atoms with van der Waals surface area (Å²) in [5, 5.41) is 6.07. The Morgan fingerprint density at radius 2 is 1.96 bits per heavy atom. The van der Waals surface area contributed by atoms with Gasteiger partial charge >= 0.3 is 0 Å². The SMILES string of the molecule is Cc1cc(NC(=O)c2ccc(F)cc2Cl)sc1C(=O)NCCCCN.Cl. The molecular formula is C17H20Cl2FN3O2S. The Hall–Kier alpha value is -1.67. The van der Waals surface area contributed by atoms with E-state index in [-0.39, 0.29) is 28.9 Å². The van der Waals surface area contributed by atoms with Crippen LogP contribution in [0.2, 0.25) is 5.02 Å². The lowest BCUT2D eigenvalue weighted by atomic mass is 10.2. The Morgan fingerprint density at radius 3 is 2.62 bits per heavy atom. The number of aryl methyl sites for hydroxylation is 1. The highest BCUT2D eigenvalue weighted by Crippen LogP contribution is 2.28. The second-order valence-corrected chi connectivity index (χ2v) is 6.91. The summed E-state index contributed by atoms with van der Waals surface area (Å²) in [6.07, 6.45) is 1.67. The fraction of sp³-hybridized carbons (Fsp3) is 0.294. The number of rotatable bonds is 7. The smallest absolute Gasteiger partial charge is 0.261 e. The van der Waals surface area contributed by atoms with Crippen molar-refractivity contribution in [3.8, 4) is 0 Å². The standard InChI is InChI=1S/C17H19ClFN3O2S.ClH/c1-10-8-14(25-15(10)17(24)21-7-3-2-6-20)22-16(23)12-5-4-11(19)9-13(12)18;/h4-5,8-9H,2-3,6-7,20H2,1H3,(H,21,24)(H,22,23);1H. The van der Waals surface area contributed by atoms with Crippen LogP contribution in [-0.2, 0) is 0 Å². The Bertz CT molecular complexity index is 783. The topological polar surface area (TPSA) is 84.2 Å². The van der Waals surface area contributed by atoms with E-state index in [1.54, 1.807) is 13.0 Å². The van der Waals surface area contributed by atoms with Crippen LogP contribution in [0.1, 0.15) is 38.4 Å². The average molecular weight is 420 g/mol. The summed E-state index contributed by atoms with van der Waals surface area (Å²) >= 11 is 7.07. The van der Waals surface area contributed by atoms with Gasteiger partial charge in [-0.1, -0.05) is 11.6 Å². The molecule has 0 saturated heterocycles. The third kappa shape index (κ3) is 5.95. The van der Waals surface area contributed by atoms with Crippen LogP contribution in [0.3, 0.4) is 0 Å². The summed E-state index contributed by atoms with van der Waals surface area (Å²) in [6, 6.07) is 5.28. The minimum atomic E-state index is -0.512. The maximum atomic E-state index is 13.1. The number of carbonyl (C=O) groups excluding carboxylic acids is 2. The molecular weight excluding hydrogens is 400 g/mol. The van der Waals surface area contributed by atoms with E-state index in [0.717, 1.165) is 24.5 Å². The quantitative estimate of drug-likeness (QED) is 0.593. The lowest BCUT2D eigenvalue weighted by Crippen LogP contribution is -2.24. The lowest BCUT2D eigenvalue weighted by molar-refractivity contribution is 0.0955. The maximum absolute atomic E-state index is 13.1. The van der Waals surface area contributed by atoms with E-state index in [1.807, 2.05) is 0 Å². The molecule has 1 aromatic carbocycles. The molecule has 0 saturated carbocycles. The molecule has 0 unspecified atom stereocenters. The fourth-order valence-corrected chi connectivity index (χ4v) is 3.41. The van der Waals surface area contributed by atoms with E-state index in [2.05, 4.69) is 10.6 Å². The molecule has 0 fully saturated rings. The van der Waals surface area contributed by atoms with Gasteiger partial charge in [0.2, 0.25) is 0 Å². The van der Waals surface area contributed by atoms with Gasteiger partial charge in [0, 0.05) is 6.54 Å². The highest BCUT2D eigenvalue weighted by atomic mass is 35.5. The van der Waals surface area contributed by atoms with Gasteiger partial charge in [0.15, 0.2) is 0 Å². The summed E-state index contributed by atoms with van der Waals surface area (Å²) in [5.74, 6) is -1.15. The first-order chi connectivity index (χ1) is 11.9. The second kappa shape index (κ2) is 10.5. The van der Waals surface area contributed by atoms with Gasteiger partial charge in [-0.3, -0.25) is 9.59 Å². The van der Waals surface area contributed by atoms with Crippen LogP contribution in [0.25, 0.3) is 0 Å². The van der Waals surface area contributed by atoms with Crippen molar-refractivity contribution in [2.24, 2.45) is 5.73 Å². The molecule has 5 nitrogen and oxygen atoms in total. The highest BCUT2D eigenvalue weighted by Gasteiger charge is 2.16. The van der Waals surface area contributed by atoms with Gasteiger partial charge in [-0.05, 0) is 56.1 Å². The van der Waals surface area contributed by atoms with E-state index in [0.29, 0.717) is 23.0 Å². The van der Waals surface area contributed by atoms with Gasteiger partial charge in [0.1, 0.15) is 5.82 Å². The Morgan fingerprint density at radius 1 is 1.23 bits per heavy atom. The van der Waals surface area contributed by atoms with Crippen molar-refractivity contribution in [3.05, 3.63) is 51.1 Å². The molecule has 0 aliphatic carbocycles. The number of unbranched alkanes of at least 4 members (excludes halogenated alkanes) is 1. The summed E-state index contributed by atoms with van der Waals surface area (Å²) in [5.41, 5.74) is 6.35. The minimum absolute atomic E-state index is 0. The van der Waals surface area contributed by atoms with Crippen LogP contribution in [0.4, 0.5) is 9.39 Å². The van der Waals surface area contributed by atoms with Gasteiger partial charge in [0.05, 0.1) is 20.5 Å². The third-order valence-electron chi connectivity index (χ3n) is 3.45. The van der Waals surface area contributed by atoms with E-state index < -0.39 is 11.7 Å². The predicted molar refractivity (Wildman–Crippen MR) is 106 cm³/mol. The monoisotopic (exact) mass is 419 g/mol. The fourth-order valence-electron chi connectivity index (χ4n) is 2.17. The van der Waals surface area contributed by atoms with Gasteiger partial charge < -0.3 is 16.4 Å². The van der Waals surface area contributed by atoms with Crippen molar-refractivity contribution in [1.29, 1.82) is 0 Å². The largest absolute Gasteiger partial charge is 0.351 e. The molecule has 0 radical (unpaired) electrons. The average Bonchev–Trinajstić information content (AvgIpc) is 2.91. The van der Waals surface area contributed by atoms with Crippen molar-refractivity contribution in [3.63, 3.8) is 0 Å². The second-order valence-electron chi connectivity index (χ2n) is 5.45. The van der Waals surface area contributed by atoms with Crippen LogP contribution in [0.15, 0.2) is 24.3 Å². The van der Waals surface area contributed by atoms with E-state index in [9.17, 15) is 14.0 Å². The van der Waals surface area contributed by atoms with Crippen LogP contribution in [0, 0.1) is 12.7 Å². The van der Waals surface area contributed by atoms with Crippen molar-refractivity contribution in [2.75, 3.05) is 18.4 Å². The molecule has 0 aliphatic rings. The van der Waals surface area contributed by atoms with E-state index in [1.165, 1.54) is 23.5 Å². The molecule has 0 aliphatic heterocycles. The molecule has 142 valence electrons. The summed E-state index contributed by atoms with van der Waals surface area (Å²) in [6.45, 7) is 2.95. The first kappa shape index (κ1) is 22.4. The number of halogens is 3. The minimum Gasteiger partial charge on any atom is -0.351 e. The number of anilines is 1. The molecule has 4 N–H and O–H groups in total. The van der Waals surface area contributed by atoms with Crippen molar-refractivity contribution >= 4 is 52.2 Å². The number of nitrogens with one attached hydrogen (secondary N) is 2. The molecule has 2 amide bonds. The molecule has 0 spiro atoms. The summed E-state index contributed by atoms with van der Waals surface area (Å²) in [7, 11) is 0. The molecule has 1 heterocycles. The molecule has 0 bridgehead atoms. The van der Waals surface area contributed by atoms with Crippen LogP contribution < -0.4 is 16.4 Å². The number of nitrogens with two attached hydrogens (primary N) is 1. The lowest BCUT2D eigenvalue weighted by Gasteiger charge is -2.05. The zero-order valence-electron chi connectivity index (χ0n) is 14.1. The van der Waals surface area contributed by atoms with Crippen molar-refractivity contribution in [1.82, 2.24) is 5.32 Å². The number of hydrogen-bond acceptors (Lipinski definition) is 4. The van der Waals surface area contributed by atoms with E-state index in [4.69, 9.17) is 17.3 Å². The van der Waals surface area contributed by atoms with Crippen LogP contribution in [0.5, 0.6) is 0 Å². The normalized spacial score (nSPS) is 10.2. The highest BCUT2D eigenvalue weighted by molar-refractivity contribution is 7.18. The molecule has 9 heteroatoms. The van der Waals surface area contributed by atoms with Gasteiger partial charge in [-0.15, -0.1) is 23.7 Å². The predicted octanol–water partition coefficient (Wildman–Crippen LogP) is 3.99. The molecule has 1 aromatic heterocycles. The first-order valence-corrected chi connectivity index (χ1v) is 8.97. The summed E-state index contributed by atoms with van der Waals surface area (Å²) in [4.78, 5) is 25.0. The van der Waals surface area contributed by atoms with Crippen LogP contribution >= 0.6 is 35.3 Å². The zero-order valence-corrected chi connectivity index (χ0v) is 16.5. The zero-order chi connectivity index (χ0) is 18.4. The number of thiophene rings is 1. The molecule has 26 heavy (non-hydrogen) atoms. The molecule has 2 rings (SSSR count). The van der Waals surface area contributed by atoms with Crippen molar-refractivity contribution in [2.45, 2.75) is 19.8 Å². The van der Waals surface area contributed by atoms with Gasteiger partial charge in [-0.2, -0.15) is 0 Å². The van der Waals surface area contributed by atoms with E-state index >= 15 is 0 Å². The number of amides is 2. The van der Waals surface area contributed by atoms with Gasteiger partial charge in [0.25, 0.3) is 11.8 Å². The Balaban J connectivity index is 0.00000338. The van der Waals surface area contributed by atoms with Gasteiger partial charge in [-0.25, -0.2) is 4.39 Å². The maximum Gasteiger partial charge on any atom is 0.261 e. The number of carbonyl (C=O) groups is 2. The van der Waals surface area contributed by atoms with Crippen molar-refractivity contribution < 1.29 is 14.0 Å². The number of hydrogen-bond donors (Lipinski definition) is 3. The third-order valence-corrected chi connectivity index (χ3v) is 4.92. The Labute approximate surface area is 166 Å². The summed E-state index contributed by atoms with van der Waals surface area (Å²) < 4.78 is 13.1. The number of benzene rings is 1. The van der Waals surface area contributed by atoms with Crippen LogP contribution in [-0.4, -0.2) is 24.9 Å². The molecule has 2 aromatic rings. The first-order valence-electron chi connectivity index (χ1n) is 7.77.